The average Bonchev–Trinajstić information content (AvgIpc) is 3.20. The van der Waals surface area contributed by atoms with Crippen molar-refractivity contribution in [3.05, 3.63) is 67.6 Å². The molecule has 0 saturated heterocycles. The normalized spacial score (nSPS) is 11.8. The van der Waals surface area contributed by atoms with Crippen molar-refractivity contribution in [2.45, 2.75) is 5.92 Å². The summed E-state index contributed by atoms with van der Waals surface area (Å²) in [5.74, 6) is -5.65. The Morgan fingerprint density at radius 3 is 2.62 bits per heavy atom. The molecule has 1 unspecified atom stereocenters. The molecule has 2 N–H and O–H groups in total. The molecule has 0 fully saturated rings. The van der Waals surface area contributed by atoms with Gasteiger partial charge in [0.15, 0.2) is 11.0 Å². The number of halogens is 1. The van der Waals surface area contributed by atoms with Crippen LogP contribution in [0.25, 0.3) is 21.3 Å². The van der Waals surface area contributed by atoms with Gasteiger partial charge in [-0.2, -0.15) is 0 Å². The number of aromatic amines is 1. The number of aromatic nitrogens is 3. The van der Waals surface area contributed by atoms with Crippen LogP contribution in [0.15, 0.2) is 41.2 Å². The molecule has 1 amide bonds. The first-order valence-corrected chi connectivity index (χ1v) is 10.5. The number of rotatable bonds is 6. The number of esters is 1. The number of nitro groups is 1. The van der Waals surface area contributed by atoms with Gasteiger partial charge in [-0.3, -0.25) is 34.6 Å². The average molecular weight is 502 g/mol. The molecule has 0 aliphatic carbocycles. The number of hydrogen-bond donors (Lipinski definition) is 2. The van der Waals surface area contributed by atoms with Crippen molar-refractivity contribution < 1.29 is 24.0 Å². The van der Waals surface area contributed by atoms with Crippen molar-refractivity contribution in [3.63, 3.8) is 0 Å². The van der Waals surface area contributed by atoms with E-state index in [9.17, 15) is 29.3 Å². The molecule has 1 atom stereocenters. The van der Waals surface area contributed by atoms with Gasteiger partial charge in [-0.25, -0.2) is 9.97 Å². The van der Waals surface area contributed by atoms with Crippen LogP contribution in [-0.2, 0) is 19.1 Å². The van der Waals surface area contributed by atoms with Crippen LogP contribution < -0.4 is 10.9 Å². The third kappa shape index (κ3) is 4.33. The van der Waals surface area contributed by atoms with Gasteiger partial charge >= 0.3 is 5.97 Å². The SMILES string of the molecule is COC(=O)C(C(=O)C(=O)Nc1nc2ccc([N+](=O)[O-])cc2s1)c1nc2ccc(Cl)cc2[nH]c1=O. The lowest BCUT2D eigenvalue weighted by Gasteiger charge is -2.12. The molecular formula is C20H12ClN5O7S. The Balaban J connectivity index is 1.67. The zero-order chi connectivity index (χ0) is 24.6. The van der Waals surface area contributed by atoms with E-state index in [0.29, 0.717) is 15.2 Å². The molecule has 0 aliphatic rings. The molecule has 0 radical (unpaired) electrons. The summed E-state index contributed by atoms with van der Waals surface area (Å²) in [6.45, 7) is 0. The number of thiazole rings is 1. The smallest absolute Gasteiger partial charge is 0.323 e. The number of benzene rings is 2. The van der Waals surface area contributed by atoms with Gasteiger partial charge in [0.1, 0.15) is 5.69 Å². The second kappa shape index (κ2) is 8.96. The van der Waals surface area contributed by atoms with Crippen LogP contribution in [-0.4, -0.2) is 44.6 Å². The van der Waals surface area contributed by atoms with Crippen molar-refractivity contribution in [1.29, 1.82) is 0 Å². The minimum atomic E-state index is -1.94. The summed E-state index contributed by atoms with van der Waals surface area (Å²) in [5.41, 5.74) is -0.715. The number of hydrogen-bond acceptors (Lipinski definition) is 10. The van der Waals surface area contributed by atoms with Crippen LogP contribution in [0.4, 0.5) is 10.8 Å². The van der Waals surface area contributed by atoms with E-state index in [1.54, 1.807) is 0 Å². The number of nitrogens with one attached hydrogen (secondary N) is 2. The number of Topliss-reactive ketones (excluding diaryl/α,β-unsaturated/α-hetero) is 1. The zero-order valence-corrected chi connectivity index (χ0v) is 18.6. The van der Waals surface area contributed by atoms with E-state index in [4.69, 9.17) is 11.6 Å². The van der Waals surface area contributed by atoms with Crippen LogP contribution in [0, 0.1) is 10.1 Å². The Bertz CT molecular complexity index is 1560. The fourth-order valence-corrected chi connectivity index (χ4v) is 4.17. The van der Waals surface area contributed by atoms with E-state index in [-0.39, 0.29) is 21.9 Å². The summed E-state index contributed by atoms with van der Waals surface area (Å²) >= 11 is 6.79. The highest BCUT2D eigenvalue weighted by atomic mass is 35.5. The molecule has 14 heteroatoms. The van der Waals surface area contributed by atoms with Crippen molar-refractivity contribution in [3.8, 4) is 0 Å². The molecule has 0 saturated carbocycles. The van der Waals surface area contributed by atoms with Gasteiger partial charge in [-0.1, -0.05) is 22.9 Å². The second-order valence-corrected chi connectivity index (χ2v) is 8.28. The largest absolute Gasteiger partial charge is 0.468 e. The molecule has 2 heterocycles. The Hall–Kier alpha value is -4.23. The summed E-state index contributed by atoms with van der Waals surface area (Å²) in [5, 5.41) is 13.5. The van der Waals surface area contributed by atoms with E-state index >= 15 is 0 Å². The number of methoxy groups -OCH3 is 1. The number of ketones is 1. The molecule has 12 nitrogen and oxygen atoms in total. The number of nitro benzene ring substituents is 1. The van der Waals surface area contributed by atoms with E-state index in [1.165, 1.54) is 36.4 Å². The quantitative estimate of drug-likeness (QED) is 0.132. The van der Waals surface area contributed by atoms with Crippen LogP contribution in [0.3, 0.4) is 0 Å². The summed E-state index contributed by atoms with van der Waals surface area (Å²) < 4.78 is 5.02. The lowest BCUT2D eigenvalue weighted by Crippen LogP contribution is -2.37. The summed E-state index contributed by atoms with van der Waals surface area (Å²) in [7, 11) is 0.996. The van der Waals surface area contributed by atoms with Crippen molar-refractivity contribution in [2.24, 2.45) is 0 Å². The zero-order valence-electron chi connectivity index (χ0n) is 17.0. The Morgan fingerprint density at radius 1 is 1.18 bits per heavy atom. The van der Waals surface area contributed by atoms with Crippen molar-refractivity contribution in [2.75, 3.05) is 12.4 Å². The number of non-ortho nitro benzene ring substituents is 1. The first-order chi connectivity index (χ1) is 16.2. The summed E-state index contributed by atoms with van der Waals surface area (Å²) in [6.07, 6.45) is 0. The molecule has 0 spiro atoms. The topological polar surface area (TPSA) is 174 Å². The first-order valence-electron chi connectivity index (χ1n) is 9.35. The van der Waals surface area contributed by atoms with Gasteiger partial charge in [-0.15, -0.1) is 0 Å². The van der Waals surface area contributed by atoms with E-state index < -0.39 is 39.8 Å². The highest BCUT2D eigenvalue weighted by Crippen LogP contribution is 2.29. The van der Waals surface area contributed by atoms with Crippen molar-refractivity contribution >= 4 is 72.7 Å². The molecule has 2 aromatic carbocycles. The van der Waals surface area contributed by atoms with Gasteiger partial charge in [0, 0.05) is 17.2 Å². The van der Waals surface area contributed by atoms with Crippen molar-refractivity contribution in [1.82, 2.24) is 15.0 Å². The number of fused-ring (bicyclic) bond motifs is 2. The monoisotopic (exact) mass is 501 g/mol. The number of anilines is 1. The maximum absolute atomic E-state index is 12.9. The van der Waals surface area contributed by atoms with E-state index in [1.807, 2.05) is 0 Å². The van der Waals surface area contributed by atoms with E-state index in [0.717, 1.165) is 18.4 Å². The predicted octanol–water partition coefficient (Wildman–Crippen LogP) is 2.56. The van der Waals surface area contributed by atoms with Crippen LogP contribution in [0.5, 0.6) is 0 Å². The molecule has 4 aromatic rings. The third-order valence-corrected chi connectivity index (χ3v) is 5.85. The fourth-order valence-electron chi connectivity index (χ4n) is 3.10. The Kier molecular flexibility index (Phi) is 6.04. The van der Waals surface area contributed by atoms with Gasteiger partial charge in [0.05, 0.1) is 33.3 Å². The number of H-pyrrole nitrogens is 1. The number of ether oxygens (including phenoxy) is 1. The minimum Gasteiger partial charge on any atom is -0.468 e. The first kappa shape index (κ1) is 22.9. The Morgan fingerprint density at radius 2 is 1.91 bits per heavy atom. The van der Waals surface area contributed by atoms with Gasteiger partial charge in [-0.05, 0) is 24.3 Å². The summed E-state index contributed by atoms with van der Waals surface area (Å²) in [4.78, 5) is 71.5. The number of carbonyl (C=O) groups is 3. The maximum atomic E-state index is 12.9. The highest BCUT2D eigenvalue weighted by Gasteiger charge is 2.38. The van der Waals surface area contributed by atoms with Gasteiger partial charge < -0.3 is 9.72 Å². The third-order valence-electron chi connectivity index (χ3n) is 4.68. The van der Waals surface area contributed by atoms with Gasteiger partial charge in [0.2, 0.25) is 5.78 Å². The van der Waals surface area contributed by atoms with Crippen LogP contribution >= 0.6 is 22.9 Å². The molecule has 172 valence electrons. The molecule has 0 bridgehead atoms. The highest BCUT2D eigenvalue weighted by molar-refractivity contribution is 7.22. The molecular weight excluding hydrogens is 490 g/mol. The van der Waals surface area contributed by atoms with Gasteiger partial charge in [0.25, 0.3) is 17.2 Å². The fraction of sp³-hybridized carbons (Fsp3) is 0.100. The molecule has 2 aromatic heterocycles. The second-order valence-electron chi connectivity index (χ2n) is 6.82. The lowest BCUT2D eigenvalue weighted by atomic mass is 9.99. The number of carbonyl (C=O) groups excluding carboxylic acids is 3. The molecule has 34 heavy (non-hydrogen) atoms. The maximum Gasteiger partial charge on any atom is 0.323 e. The Labute approximate surface area is 197 Å². The standard InChI is InChI=1S/C20H12ClN5O7S/c1-33-19(30)14(15-17(28)23-12-6-8(21)2-4-10(12)22-15)16(27)18(29)25-20-24-11-5-3-9(26(31)32)7-13(11)34-20/h2-7,14H,1H3,(H,23,28)(H,24,25,29). The van der Waals surface area contributed by atoms with Crippen LogP contribution in [0.2, 0.25) is 5.02 Å². The summed E-state index contributed by atoms with van der Waals surface area (Å²) in [6, 6.07) is 8.32. The number of amides is 1. The lowest BCUT2D eigenvalue weighted by molar-refractivity contribution is -0.384. The molecule has 4 rings (SSSR count). The minimum absolute atomic E-state index is 0.0347. The predicted molar refractivity (Wildman–Crippen MR) is 122 cm³/mol. The van der Waals surface area contributed by atoms with E-state index in [2.05, 4.69) is 25.0 Å². The van der Waals surface area contributed by atoms with Crippen LogP contribution in [0.1, 0.15) is 11.6 Å². The molecule has 0 aliphatic heterocycles. The number of nitrogens with zero attached hydrogens (tertiary/aromatic N) is 3.